The van der Waals surface area contributed by atoms with Crippen molar-refractivity contribution in [3.8, 4) is 39.6 Å². The molecule has 3 atom stereocenters. The van der Waals surface area contributed by atoms with Gasteiger partial charge in [0.05, 0.1) is 38.8 Å². The molecule has 246 valence electrons. The predicted molar refractivity (Wildman–Crippen MR) is 184 cm³/mol. The van der Waals surface area contributed by atoms with E-state index in [0.717, 1.165) is 16.7 Å². The molecule has 0 aliphatic heterocycles. The third kappa shape index (κ3) is 7.07. The number of benzene rings is 1. The Bertz CT molecular complexity index is 1830. The number of carbonyl (C=O) groups is 2. The van der Waals surface area contributed by atoms with Gasteiger partial charge in [-0.15, -0.1) is 11.3 Å². The number of thiazole rings is 1. The number of aromatic nitrogens is 2. The number of fused-ring (bicyclic) bond motifs is 3. The van der Waals surface area contributed by atoms with Gasteiger partial charge in [0.15, 0.2) is 16.6 Å². The van der Waals surface area contributed by atoms with Crippen LogP contribution in [0.2, 0.25) is 0 Å². The molecule has 0 bridgehead atoms. The van der Waals surface area contributed by atoms with E-state index in [2.05, 4.69) is 25.9 Å². The number of carbonyl (C=O) groups excluding carboxylic acids is 2. The van der Waals surface area contributed by atoms with Gasteiger partial charge in [0.1, 0.15) is 6.04 Å². The van der Waals surface area contributed by atoms with Gasteiger partial charge in [-0.05, 0) is 65.8 Å². The van der Waals surface area contributed by atoms with Crippen LogP contribution in [0, 0.1) is 5.92 Å². The Morgan fingerprint density at radius 1 is 1.09 bits per heavy atom. The van der Waals surface area contributed by atoms with Crippen molar-refractivity contribution >= 4 is 34.0 Å². The normalized spacial score (nSPS) is 14.8. The summed E-state index contributed by atoms with van der Waals surface area (Å²) >= 11 is 1.32. The van der Waals surface area contributed by atoms with Gasteiger partial charge in [-0.25, -0.2) is 4.98 Å². The van der Waals surface area contributed by atoms with Gasteiger partial charge >= 0.3 is 0 Å². The zero-order chi connectivity index (χ0) is 33.7. The van der Waals surface area contributed by atoms with Crippen molar-refractivity contribution in [1.82, 2.24) is 15.3 Å². The van der Waals surface area contributed by atoms with E-state index < -0.39 is 12.1 Å². The van der Waals surface area contributed by atoms with Crippen LogP contribution in [0.25, 0.3) is 22.4 Å². The van der Waals surface area contributed by atoms with Gasteiger partial charge in [-0.1, -0.05) is 26.3 Å². The zero-order valence-electron chi connectivity index (χ0n) is 27.3. The van der Waals surface area contributed by atoms with Crippen LogP contribution in [0.3, 0.4) is 0 Å². The first kappa shape index (κ1) is 33.4. The fraction of sp³-hybridized carbons (Fsp3) is 0.343. The molecule has 0 fully saturated rings. The number of pyridine rings is 1. The number of aryl methyl sites for hydroxylation is 1. The Morgan fingerprint density at radius 3 is 2.53 bits per heavy atom. The van der Waals surface area contributed by atoms with Crippen molar-refractivity contribution in [3.63, 3.8) is 0 Å². The van der Waals surface area contributed by atoms with E-state index in [9.17, 15) is 14.4 Å². The maximum atomic E-state index is 13.9. The highest BCUT2D eigenvalue weighted by molar-refractivity contribution is 7.14. The monoisotopic (exact) mass is 657 g/mol. The molecule has 0 saturated carbocycles. The molecule has 1 aliphatic rings. The number of anilines is 2. The number of methoxy groups -OCH3 is 3. The Kier molecular flexibility index (Phi) is 10.4. The molecule has 2 heterocycles. The van der Waals surface area contributed by atoms with Crippen LogP contribution in [0.15, 0.2) is 59.0 Å². The Morgan fingerprint density at radius 2 is 1.87 bits per heavy atom. The third-order valence-electron chi connectivity index (χ3n) is 8.41. The van der Waals surface area contributed by atoms with E-state index in [1.807, 2.05) is 43.5 Å². The maximum Gasteiger partial charge on any atom is 0.248 e. The van der Waals surface area contributed by atoms with Crippen LogP contribution < -0.4 is 35.6 Å². The van der Waals surface area contributed by atoms with Crippen LogP contribution >= 0.6 is 11.3 Å². The van der Waals surface area contributed by atoms with Gasteiger partial charge in [0, 0.05) is 35.8 Å². The molecule has 2 aromatic carbocycles. The quantitative estimate of drug-likeness (QED) is 0.181. The lowest BCUT2D eigenvalue weighted by molar-refractivity contribution is -0.120. The molecular formula is C35H39N5O6S. The first-order valence-corrected chi connectivity index (χ1v) is 16.3. The molecule has 2 aromatic heterocycles. The molecule has 11 nitrogen and oxygen atoms in total. The molecule has 12 heteroatoms. The highest BCUT2D eigenvalue weighted by Gasteiger charge is 2.30. The van der Waals surface area contributed by atoms with Crippen LogP contribution in [0.5, 0.6) is 17.2 Å². The Balaban J connectivity index is 1.56. The minimum atomic E-state index is -0.738. The van der Waals surface area contributed by atoms with Crippen LogP contribution in [-0.2, 0) is 16.0 Å². The van der Waals surface area contributed by atoms with Crippen molar-refractivity contribution in [3.05, 3.63) is 75.5 Å². The summed E-state index contributed by atoms with van der Waals surface area (Å²) in [4.78, 5) is 48.6. The highest BCUT2D eigenvalue weighted by Crippen LogP contribution is 2.50. The van der Waals surface area contributed by atoms with Crippen molar-refractivity contribution in [2.45, 2.75) is 52.1 Å². The Labute approximate surface area is 277 Å². The first-order chi connectivity index (χ1) is 22.7. The average molecular weight is 658 g/mol. The van der Waals surface area contributed by atoms with Gasteiger partial charge in [0.25, 0.3) is 0 Å². The lowest BCUT2D eigenvalue weighted by Gasteiger charge is -2.23. The molecule has 3 N–H and O–H groups in total. The first-order valence-electron chi connectivity index (χ1n) is 15.4. The number of nitrogens with zero attached hydrogens (tertiary/aromatic N) is 2. The number of amides is 2. The summed E-state index contributed by atoms with van der Waals surface area (Å²) in [5.41, 5.74) is 4.50. The summed E-state index contributed by atoms with van der Waals surface area (Å²) in [5.74, 6) is 0.760. The van der Waals surface area contributed by atoms with Gasteiger partial charge < -0.3 is 30.2 Å². The van der Waals surface area contributed by atoms with E-state index in [-0.39, 0.29) is 28.8 Å². The lowest BCUT2D eigenvalue weighted by atomic mass is 9.95. The minimum Gasteiger partial charge on any atom is -0.493 e. The molecule has 0 spiro atoms. The summed E-state index contributed by atoms with van der Waals surface area (Å²) in [6, 6.07) is 9.51. The molecule has 4 aromatic rings. The van der Waals surface area contributed by atoms with Crippen LogP contribution in [-0.4, -0.2) is 49.2 Å². The molecule has 0 radical (unpaired) electrons. The number of hydrogen-bond donors (Lipinski definition) is 3. The molecule has 0 unspecified atom stereocenters. The maximum absolute atomic E-state index is 13.9. The standard InChI is InChI=1S/C35H39N5O6S/c1-7-19(2)31(34(43)40-35-39-27(18-47-35)22-9-8-14-36-17-22)38-26-13-11-23-24(16-28(26)42)25(37-20(3)41)12-10-21-15-29(44-4)32(45-5)33(46-6)30(21)23/h8-9,11,13-19,25,31H,7,10,12H2,1-6H3,(H,37,41)(H,38,42)(H,39,40,43)/t19-,25-,31-/m0/s1. The second-order valence-corrected chi connectivity index (χ2v) is 12.2. The highest BCUT2D eigenvalue weighted by atomic mass is 32.1. The number of ether oxygens (including phenoxy) is 3. The van der Waals surface area contributed by atoms with Crippen LogP contribution in [0.4, 0.5) is 10.8 Å². The summed E-state index contributed by atoms with van der Waals surface area (Å²) in [7, 11) is 4.66. The van der Waals surface area contributed by atoms with Gasteiger partial charge in [-0.2, -0.15) is 0 Å². The second-order valence-electron chi connectivity index (χ2n) is 11.4. The minimum absolute atomic E-state index is 0.125. The topological polar surface area (TPSA) is 141 Å². The largest absolute Gasteiger partial charge is 0.493 e. The van der Waals surface area contributed by atoms with Gasteiger partial charge in [0.2, 0.25) is 23.0 Å². The zero-order valence-corrected chi connectivity index (χ0v) is 28.1. The number of nitrogens with one attached hydrogen (secondary N) is 3. The summed E-state index contributed by atoms with van der Waals surface area (Å²) in [6.07, 6.45) is 5.22. The average Bonchev–Trinajstić information content (AvgIpc) is 3.42. The SMILES string of the molecule is CC[C@H](C)[C@H](Nc1ccc2c(cc1=O)[C@@H](NC(C)=O)CCc1cc(OC)c(OC)c(OC)c1-2)C(=O)Nc1nc(-c2cccnc2)cs1. The molecule has 47 heavy (non-hydrogen) atoms. The summed E-state index contributed by atoms with van der Waals surface area (Å²) in [5, 5.41) is 11.5. The molecular weight excluding hydrogens is 618 g/mol. The van der Waals surface area contributed by atoms with E-state index in [1.54, 1.807) is 39.8 Å². The van der Waals surface area contributed by atoms with E-state index in [4.69, 9.17) is 14.2 Å². The lowest BCUT2D eigenvalue weighted by Crippen LogP contribution is -2.40. The molecule has 0 saturated heterocycles. The number of hydrogen-bond acceptors (Lipinski definition) is 10. The van der Waals surface area contributed by atoms with E-state index in [0.29, 0.717) is 58.5 Å². The second kappa shape index (κ2) is 14.6. The van der Waals surface area contributed by atoms with Crippen molar-refractivity contribution in [2.24, 2.45) is 5.92 Å². The van der Waals surface area contributed by atoms with E-state index in [1.165, 1.54) is 24.3 Å². The molecule has 1 aliphatic carbocycles. The third-order valence-corrected chi connectivity index (χ3v) is 9.17. The van der Waals surface area contributed by atoms with Crippen molar-refractivity contribution in [1.29, 1.82) is 0 Å². The fourth-order valence-corrected chi connectivity index (χ4v) is 6.58. The van der Waals surface area contributed by atoms with E-state index >= 15 is 0 Å². The predicted octanol–water partition coefficient (Wildman–Crippen LogP) is 5.85. The smallest absolute Gasteiger partial charge is 0.248 e. The Hall–Kier alpha value is -4.97. The number of rotatable bonds is 11. The van der Waals surface area contributed by atoms with Gasteiger partial charge in [-0.3, -0.25) is 19.4 Å². The summed E-state index contributed by atoms with van der Waals surface area (Å²) < 4.78 is 17.2. The van der Waals surface area contributed by atoms with Crippen molar-refractivity contribution in [2.75, 3.05) is 32.0 Å². The fourth-order valence-electron chi connectivity index (χ4n) is 5.86. The van der Waals surface area contributed by atoms with Crippen molar-refractivity contribution < 1.29 is 23.8 Å². The molecule has 5 rings (SSSR count). The van der Waals surface area contributed by atoms with Crippen LogP contribution in [0.1, 0.15) is 50.8 Å². The molecule has 2 amide bonds. The summed E-state index contributed by atoms with van der Waals surface area (Å²) in [6.45, 7) is 5.40.